The van der Waals surface area contributed by atoms with Gasteiger partial charge in [-0.1, -0.05) is 0 Å². The Morgan fingerprint density at radius 2 is 2.21 bits per heavy atom. The van der Waals surface area contributed by atoms with Crippen LogP contribution in [0.4, 0.5) is 0 Å². The number of pyridine rings is 1. The lowest BCUT2D eigenvalue weighted by Crippen LogP contribution is -2.29. The molecule has 5 heteroatoms. The second-order valence-electron chi connectivity index (χ2n) is 5.13. The molecule has 1 fully saturated rings. The summed E-state index contributed by atoms with van der Waals surface area (Å²) in [6.45, 7) is 2.01. The van der Waals surface area contributed by atoms with E-state index in [1.165, 1.54) is 0 Å². The van der Waals surface area contributed by atoms with Gasteiger partial charge in [0.05, 0.1) is 0 Å². The van der Waals surface area contributed by atoms with E-state index in [-0.39, 0.29) is 5.92 Å². The van der Waals surface area contributed by atoms with E-state index in [9.17, 15) is 4.79 Å². The first kappa shape index (κ1) is 12.2. The average molecular weight is 259 g/mol. The standard InChI is InChI=1S/C14H17N3O2/c1-17-7-4-9(5-8-17)13-11(14(15)18)12-10(19-13)3-2-6-16-12/h2-3,6,9H,4-5,7-8H2,1H3,(H2,15,18). The molecule has 19 heavy (non-hydrogen) atoms. The Kier molecular flexibility index (Phi) is 2.98. The monoisotopic (exact) mass is 259 g/mol. The van der Waals surface area contributed by atoms with E-state index in [4.69, 9.17) is 10.2 Å². The topological polar surface area (TPSA) is 72.4 Å². The molecule has 1 amide bonds. The molecule has 5 nitrogen and oxygen atoms in total. The van der Waals surface area contributed by atoms with E-state index in [1.807, 2.05) is 6.07 Å². The first-order chi connectivity index (χ1) is 9.16. The van der Waals surface area contributed by atoms with Crippen LogP contribution in [0.15, 0.2) is 22.7 Å². The number of carbonyl (C=O) groups excluding carboxylic acids is 1. The van der Waals surface area contributed by atoms with Crippen molar-refractivity contribution in [2.24, 2.45) is 5.73 Å². The minimum absolute atomic E-state index is 0.257. The molecule has 1 aliphatic rings. The molecule has 0 spiro atoms. The first-order valence-corrected chi connectivity index (χ1v) is 6.52. The molecule has 2 aromatic rings. The van der Waals surface area contributed by atoms with E-state index in [0.717, 1.165) is 25.9 Å². The molecule has 3 rings (SSSR count). The van der Waals surface area contributed by atoms with Gasteiger partial charge < -0.3 is 15.1 Å². The molecule has 0 aliphatic carbocycles. The summed E-state index contributed by atoms with van der Waals surface area (Å²) >= 11 is 0. The Morgan fingerprint density at radius 1 is 1.47 bits per heavy atom. The molecule has 2 N–H and O–H groups in total. The quantitative estimate of drug-likeness (QED) is 0.891. The second-order valence-corrected chi connectivity index (χ2v) is 5.13. The Morgan fingerprint density at radius 3 is 2.89 bits per heavy atom. The van der Waals surface area contributed by atoms with Crippen LogP contribution >= 0.6 is 0 Å². The van der Waals surface area contributed by atoms with Crippen LogP contribution in [0, 0.1) is 0 Å². The van der Waals surface area contributed by atoms with E-state index in [2.05, 4.69) is 16.9 Å². The third-order valence-electron chi connectivity index (χ3n) is 3.81. The number of rotatable bonds is 2. The maximum Gasteiger partial charge on any atom is 0.254 e. The van der Waals surface area contributed by atoms with E-state index in [1.54, 1.807) is 12.3 Å². The smallest absolute Gasteiger partial charge is 0.254 e. The Bertz CT molecular complexity index is 612. The molecule has 0 atom stereocenters. The highest BCUT2D eigenvalue weighted by Gasteiger charge is 2.28. The van der Waals surface area contributed by atoms with Crippen molar-refractivity contribution in [2.45, 2.75) is 18.8 Å². The van der Waals surface area contributed by atoms with Gasteiger partial charge in [0, 0.05) is 12.1 Å². The highest BCUT2D eigenvalue weighted by atomic mass is 16.3. The van der Waals surface area contributed by atoms with Crippen LogP contribution in [0.3, 0.4) is 0 Å². The molecule has 0 bridgehead atoms. The van der Waals surface area contributed by atoms with Gasteiger partial charge in [0.15, 0.2) is 5.58 Å². The number of nitrogens with two attached hydrogens (primary N) is 1. The number of hydrogen-bond donors (Lipinski definition) is 1. The van der Waals surface area contributed by atoms with Crippen LogP contribution < -0.4 is 5.73 Å². The lowest BCUT2D eigenvalue weighted by atomic mass is 9.92. The summed E-state index contributed by atoms with van der Waals surface area (Å²) in [5, 5.41) is 0. The van der Waals surface area contributed by atoms with Crippen molar-refractivity contribution < 1.29 is 9.21 Å². The molecular weight excluding hydrogens is 242 g/mol. The van der Waals surface area contributed by atoms with Crippen molar-refractivity contribution >= 4 is 17.0 Å². The number of carbonyl (C=O) groups is 1. The number of furan rings is 1. The zero-order chi connectivity index (χ0) is 13.4. The van der Waals surface area contributed by atoms with Gasteiger partial charge in [0.1, 0.15) is 16.8 Å². The fraction of sp³-hybridized carbons (Fsp3) is 0.429. The van der Waals surface area contributed by atoms with Crippen LogP contribution in [0.5, 0.6) is 0 Å². The molecule has 3 heterocycles. The fourth-order valence-electron chi connectivity index (χ4n) is 2.74. The first-order valence-electron chi connectivity index (χ1n) is 6.52. The van der Waals surface area contributed by atoms with E-state index < -0.39 is 5.91 Å². The summed E-state index contributed by atoms with van der Waals surface area (Å²) in [4.78, 5) is 18.2. The van der Waals surface area contributed by atoms with Crippen LogP contribution in [0.2, 0.25) is 0 Å². The number of nitrogens with zero attached hydrogens (tertiary/aromatic N) is 2. The summed E-state index contributed by atoms with van der Waals surface area (Å²) in [6.07, 6.45) is 3.62. The molecular formula is C14H17N3O2. The van der Waals surface area contributed by atoms with Crippen molar-refractivity contribution in [1.82, 2.24) is 9.88 Å². The third-order valence-corrected chi connectivity index (χ3v) is 3.81. The number of primary amides is 1. The number of likely N-dealkylation sites (tertiary alicyclic amines) is 1. The number of aromatic nitrogens is 1. The van der Waals surface area contributed by atoms with Crippen LogP contribution in [0.25, 0.3) is 11.1 Å². The summed E-state index contributed by atoms with van der Waals surface area (Å²) in [6, 6.07) is 3.63. The minimum Gasteiger partial charge on any atom is -0.458 e. The maximum absolute atomic E-state index is 11.7. The molecule has 1 aliphatic heterocycles. The summed E-state index contributed by atoms with van der Waals surface area (Å²) in [7, 11) is 2.10. The lowest BCUT2D eigenvalue weighted by Gasteiger charge is -2.27. The highest BCUT2D eigenvalue weighted by molar-refractivity contribution is 6.05. The van der Waals surface area contributed by atoms with Crippen molar-refractivity contribution in [3.63, 3.8) is 0 Å². The van der Waals surface area contributed by atoms with Crippen LogP contribution in [-0.4, -0.2) is 35.9 Å². The molecule has 0 saturated carbocycles. The zero-order valence-corrected chi connectivity index (χ0v) is 10.9. The van der Waals surface area contributed by atoms with Gasteiger partial charge in [0.25, 0.3) is 5.91 Å². The summed E-state index contributed by atoms with van der Waals surface area (Å²) in [5.41, 5.74) is 7.20. The largest absolute Gasteiger partial charge is 0.458 e. The second kappa shape index (κ2) is 4.66. The Hall–Kier alpha value is -1.88. The Balaban J connectivity index is 2.07. The average Bonchev–Trinajstić information content (AvgIpc) is 2.78. The van der Waals surface area contributed by atoms with Gasteiger partial charge in [-0.2, -0.15) is 0 Å². The van der Waals surface area contributed by atoms with Gasteiger partial charge in [-0.05, 0) is 45.1 Å². The van der Waals surface area contributed by atoms with Crippen molar-refractivity contribution in [3.8, 4) is 0 Å². The molecule has 0 unspecified atom stereocenters. The fourth-order valence-corrected chi connectivity index (χ4v) is 2.74. The molecule has 2 aromatic heterocycles. The molecule has 100 valence electrons. The van der Waals surface area contributed by atoms with E-state index in [0.29, 0.717) is 22.4 Å². The summed E-state index contributed by atoms with van der Waals surface area (Å²) < 4.78 is 5.85. The Labute approximate surface area is 111 Å². The number of piperidine rings is 1. The van der Waals surface area contributed by atoms with Gasteiger partial charge in [-0.3, -0.25) is 9.78 Å². The SMILES string of the molecule is CN1CCC(c2oc3cccnc3c2C(N)=O)CC1. The molecule has 1 saturated heterocycles. The van der Waals surface area contributed by atoms with E-state index >= 15 is 0 Å². The van der Waals surface area contributed by atoms with Crippen molar-refractivity contribution in [3.05, 3.63) is 29.7 Å². The predicted molar refractivity (Wildman–Crippen MR) is 72.0 cm³/mol. The number of fused-ring (bicyclic) bond motifs is 1. The van der Waals surface area contributed by atoms with Crippen molar-refractivity contribution in [2.75, 3.05) is 20.1 Å². The summed E-state index contributed by atoms with van der Waals surface area (Å²) in [5.74, 6) is 0.522. The lowest BCUT2D eigenvalue weighted by molar-refractivity contribution is 0.0998. The maximum atomic E-state index is 11.7. The highest BCUT2D eigenvalue weighted by Crippen LogP contribution is 2.35. The third kappa shape index (κ3) is 2.10. The van der Waals surface area contributed by atoms with Gasteiger partial charge in [-0.15, -0.1) is 0 Å². The normalized spacial score (nSPS) is 17.9. The predicted octanol–water partition coefficient (Wildman–Crippen LogP) is 1.74. The van der Waals surface area contributed by atoms with Crippen LogP contribution in [0.1, 0.15) is 34.9 Å². The van der Waals surface area contributed by atoms with Gasteiger partial charge in [0.2, 0.25) is 0 Å². The van der Waals surface area contributed by atoms with Gasteiger partial charge >= 0.3 is 0 Å². The van der Waals surface area contributed by atoms with Gasteiger partial charge in [-0.25, -0.2) is 0 Å². The molecule has 0 aromatic carbocycles. The number of hydrogen-bond acceptors (Lipinski definition) is 4. The number of amides is 1. The zero-order valence-electron chi connectivity index (χ0n) is 10.9. The minimum atomic E-state index is -0.452. The molecule has 0 radical (unpaired) electrons. The van der Waals surface area contributed by atoms with Crippen LogP contribution in [-0.2, 0) is 0 Å². The van der Waals surface area contributed by atoms with Crippen molar-refractivity contribution in [1.29, 1.82) is 0 Å².